The largest absolute Gasteiger partial charge is 0.466 e. The van der Waals surface area contributed by atoms with Crippen LogP contribution in [0.4, 0.5) is 0 Å². The van der Waals surface area contributed by atoms with Crippen molar-refractivity contribution in [1.29, 1.82) is 0 Å². The van der Waals surface area contributed by atoms with E-state index < -0.39 is 16.8 Å². The minimum Gasteiger partial charge on any atom is -0.466 e. The highest BCUT2D eigenvalue weighted by Gasteiger charge is 2.21. The first kappa shape index (κ1) is 96.1. The molecule has 0 aromatic carbocycles. The third kappa shape index (κ3) is 63.2. The summed E-state index contributed by atoms with van der Waals surface area (Å²) in [5.74, 6) is 1.55. The van der Waals surface area contributed by atoms with Gasteiger partial charge in [-0.25, -0.2) is 4.68 Å². The Morgan fingerprint density at radius 1 is 0.632 bits per heavy atom. The Balaban J connectivity index is -0.000000540. The number of azide groups is 1. The lowest BCUT2D eigenvalue weighted by molar-refractivity contribution is -0.144. The molecule has 0 bridgehead atoms. The predicted molar refractivity (Wildman–Crippen MR) is 369 cm³/mol. The van der Waals surface area contributed by atoms with Crippen molar-refractivity contribution < 1.29 is 81.0 Å². The molecule has 548 valence electrons. The van der Waals surface area contributed by atoms with Crippen LogP contribution in [0, 0.1) is 12.3 Å². The molecular formula is C67H117Cl3N8O17. The van der Waals surface area contributed by atoms with E-state index in [4.69, 9.17) is 89.7 Å². The second-order valence-electron chi connectivity index (χ2n) is 22.2. The van der Waals surface area contributed by atoms with Crippen molar-refractivity contribution in [1.82, 2.24) is 15.0 Å². The van der Waals surface area contributed by atoms with E-state index >= 15 is 0 Å². The lowest BCUT2D eigenvalue weighted by Crippen LogP contribution is -2.18. The first-order valence-electron chi connectivity index (χ1n) is 33.2. The van der Waals surface area contributed by atoms with Gasteiger partial charge in [-0.2, -0.15) is 0 Å². The number of esters is 5. The minimum absolute atomic E-state index is 0. The Labute approximate surface area is 581 Å². The fraction of sp³-hybridized carbons (Fsp3) is 0.806. The summed E-state index contributed by atoms with van der Waals surface area (Å²) in [6.45, 7) is 9.59. The van der Waals surface area contributed by atoms with E-state index in [2.05, 4.69) is 32.7 Å². The molecule has 1 aliphatic carbocycles. The molecule has 95 heavy (non-hydrogen) atoms. The summed E-state index contributed by atoms with van der Waals surface area (Å²) in [4.78, 5) is 103. The van der Waals surface area contributed by atoms with Crippen molar-refractivity contribution >= 4 is 87.8 Å². The van der Waals surface area contributed by atoms with Crippen molar-refractivity contribution in [3.63, 3.8) is 0 Å². The van der Waals surface area contributed by atoms with Crippen LogP contribution in [0.5, 0.6) is 0 Å². The number of nitrogens with zero attached hydrogens (tertiary/aromatic N) is 6. The number of carbonyl (C=O) groups is 9. The Hall–Kier alpha value is -5.29. The van der Waals surface area contributed by atoms with Crippen molar-refractivity contribution in [3.05, 3.63) is 22.3 Å². The summed E-state index contributed by atoms with van der Waals surface area (Å²) in [5, 5.41) is 10.3. The fourth-order valence-electron chi connectivity index (χ4n) is 8.40. The number of ether oxygens (including phenoxy) is 8. The van der Waals surface area contributed by atoms with Gasteiger partial charge in [0.05, 0.1) is 68.3 Å². The Morgan fingerprint density at radius 3 is 1.51 bits per heavy atom. The number of halogens is 3. The van der Waals surface area contributed by atoms with Gasteiger partial charge in [-0.1, -0.05) is 49.4 Å². The molecule has 28 heteroatoms. The van der Waals surface area contributed by atoms with Crippen LogP contribution < -0.4 is 11.5 Å². The molecule has 3 aliphatic rings. The predicted octanol–water partition coefficient (Wildman–Crippen LogP) is 12.4. The summed E-state index contributed by atoms with van der Waals surface area (Å²) in [6.07, 6.45) is 32.4. The molecule has 1 saturated carbocycles. The average molecular weight is 1410 g/mol. The zero-order chi connectivity index (χ0) is 70.8. The van der Waals surface area contributed by atoms with Crippen LogP contribution in [0.3, 0.4) is 0 Å². The maximum absolute atomic E-state index is 11.8. The number of rotatable bonds is 39. The van der Waals surface area contributed by atoms with Gasteiger partial charge in [-0.15, -0.1) is 46.3 Å². The number of aromatic nitrogens is 3. The van der Waals surface area contributed by atoms with Crippen molar-refractivity contribution in [2.75, 3.05) is 80.7 Å². The SMILES string of the molecule is C.C#CCN.COCCCCCC(=O)OCCCC[C@@H](Cl)C(C)=O.COCCCCCC(=O)OCCCC[C@@H](N=[N+]=[N-])C(C)=O.COCCCCCC(=O)OCCCC[C@H](C(C)=O)n1cc(CN)nn1.O=C1CCCCCO1.O=C1CCCC[C@@H]1Cl.O=C1OCCCC[C@@H]1Cl. The second kappa shape index (κ2) is 70.0. The molecule has 0 amide bonds. The number of carbonyl (C=O) groups excluding carboxylic acids is 9. The highest BCUT2D eigenvalue weighted by atomic mass is 35.5. The van der Waals surface area contributed by atoms with Gasteiger partial charge in [0.25, 0.3) is 0 Å². The van der Waals surface area contributed by atoms with Crippen LogP contribution in [-0.2, 0) is 87.6 Å². The molecule has 0 radical (unpaired) electrons. The molecule has 1 aromatic rings. The Morgan fingerprint density at radius 2 is 1.08 bits per heavy atom. The lowest BCUT2D eigenvalue weighted by atomic mass is 9.99. The monoisotopic (exact) mass is 1410 g/mol. The third-order valence-corrected chi connectivity index (χ3v) is 15.4. The van der Waals surface area contributed by atoms with Gasteiger partial charge >= 0.3 is 29.8 Å². The molecule has 3 fully saturated rings. The van der Waals surface area contributed by atoms with E-state index in [1.807, 2.05) is 0 Å². The molecule has 2 aliphatic heterocycles. The van der Waals surface area contributed by atoms with Crippen LogP contribution in [-0.4, -0.2) is 171 Å². The minimum atomic E-state index is -0.605. The maximum atomic E-state index is 11.8. The van der Waals surface area contributed by atoms with E-state index in [-0.39, 0.29) is 71.8 Å². The number of hydrogen-bond acceptors (Lipinski definition) is 22. The van der Waals surface area contributed by atoms with Crippen LogP contribution >= 0.6 is 34.8 Å². The number of unbranched alkanes of at least 4 members (excludes halogenated alkanes) is 9. The quantitative estimate of drug-likeness (QED) is 0.00903. The van der Waals surface area contributed by atoms with Gasteiger partial charge in [0.2, 0.25) is 0 Å². The van der Waals surface area contributed by atoms with E-state index in [0.29, 0.717) is 116 Å². The van der Waals surface area contributed by atoms with Crippen molar-refractivity contribution in [2.45, 2.75) is 268 Å². The third-order valence-electron chi connectivity index (χ3n) is 14.0. The molecule has 2 saturated heterocycles. The molecule has 25 nitrogen and oxygen atoms in total. The van der Waals surface area contributed by atoms with Crippen LogP contribution in [0.2, 0.25) is 0 Å². The first-order chi connectivity index (χ1) is 45.2. The Bertz CT molecular complexity index is 2240. The highest BCUT2D eigenvalue weighted by molar-refractivity contribution is 6.31. The van der Waals surface area contributed by atoms with Gasteiger partial charge in [0, 0.05) is 84.7 Å². The molecule has 5 atom stereocenters. The molecule has 4 N–H and O–H groups in total. The van der Waals surface area contributed by atoms with Gasteiger partial charge in [-0.05, 0) is 174 Å². The zero-order valence-corrected chi connectivity index (χ0v) is 59.4. The van der Waals surface area contributed by atoms with Gasteiger partial charge in [0.15, 0.2) is 11.6 Å². The normalized spacial score (nSPS) is 15.5. The van der Waals surface area contributed by atoms with E-state index in [1.165, 1.54) is 20.8 Å². The van der Waals surface area contributed by atoms with Gasteiger partial charge in [0.1, 0.15) is 23.0 Å². The number of ketones is 4. The summed E-state index contributed by atoms with van der Waals surface area (Å²) in [6, 6.07) is -0.948. The number of nitrogens with two attached hydrogens (primary N) is 2. The molecule has 0 unspecified atom stereocenters. The van der Waals surface area contributed by atoms with Crippen molar-refractivity contribution in [3.8, 4) is 12.3 Å². The van der Waals surface area contributed by atoms with Gasteiger partial charge in [-0.3, -0.25) is 43.2 Å². The second-order valence-corrected chi connectivity index (χ2v) is 23.8. The summed E-state index contributed by atoms with van der Waals surface area (Å²) in [5.41, 5.74) is 19.3. The molecule has 1 aromatic heterocycles. The molecule has 0 spiro atoms. The van der Waals surface area contributed by atoms with E-state index in [1.54, 1.807) is 32.2 Å². The molecule has 3 heterocycles. The molecule has 4 rings (SSSR count). The maximum Gasteiger partial charge on any atom is 0.324 e. The number of methoxy groups -OCH3 is 3. The summed E-state index contributed by atoms with van der Waals surface area (Å²) < 4.78 is 41.3. The number of cyclic esters (lactones) is 2. The highest BCUT2D eigenvalue weighted by Crippen LogP contribution is 2.20. The van der Waals surface area contributed by atoms with Crippen LogP contribution in [0.15, 0.2) is 11.3 Å². The topological polar surface area (TPSA) is 359 Å². The van der Waals surface area contributed by atoms with E-state index in [0.717, 1.165) is 161 Å². The Kier molecular flexibility index (Phi) is 70.9. The summed E-state index contributed by atoms with van der Waals surface area (Å²) in [7, 11) is 5.00. The zero-order valence-electron chi connectivity index (χ0n) is 57.2. The van der Waals surface area contributed by atoms with Crippen LogP contribution in [0.25, 0.3) is 10.4 Å². The standard InChI is InChI=1S/C17H30N4O4.C14H25ClO4.C14H25N3O4.C6H9ClO2.C6H9ClO.C6H10O2.C3H5N.CH4/c1-14(22)16(21-13-15(12-18)19-20-21)8-5-7-11-25-17(23)9-4-3-6-10-24-2;1-12(16)13(15)8-5-7-11-19-14(17)9-4-3-6-10-18-2;1-12(18)13(16-17-15)8-5-7-11-21-14(19)9-4-3-6-10-20-2;7-5-3-1-2-4-9-6(5)8;7-5-3-1-2-4-6(5)8;7-6-4-2-1-3-5-8-6;1-2-3-4;/h13,16H,3-12,18H2,1-2H3;13H,3-11H2,1-2H3;13H,3-11H2,1-2H3;5H,1-4H2;5H,1-4H2;1-5H2;1H,3-4H2;1H4/t16-;2*13-;2*5-;;;/m11100.../s1. The smallest absolute Gasteiger partial charge is 0.324 e. The van der Waals surface area contributed by atoms with E-state index in [9.17, 15) is 43.2 Å². The van der Waals surface area contributed by atoms with Crippen molar-refractivity contribution in [2.24, 2.45) is 16.6 Å². The fourth-order valence-corrected chi connectivity index (χ4v) is 9.03. The van der Waals surface area contributed by atoms with Gasteiger partial charge < -0.3 is 49.4 Å². The lowest BCUT2D eigenvalue weighted by Gasteiger charge is -2.13. The number of alkyl halides is 3. The average Bonchev–Trinajstić information content (AvgIpc) is 1.88. The molecular weight excluding hydrogens is 1300 g/mol. The summed E-state index contributed by atoms with van der Waals surface area (Å²) >= 11 is 17.0. The number of hydrogen-bond donors (Lipinski definition) is 2. The number of Topliss-reactive ketones (excluding diaryl/α,β-unsaturated/α-hetero) is 4. The number of terminal acetylenes is 1. The van der Waals surface area contributed by atoms with Crippen LogP contribution in [0.1, 0.15) is 245 Å². The first-order valence-corrected chi connectivity index (χ1v) is 34.5.